The summed E-state index contributed by atoms with van der Waals surface area (Å²) in [4.78, 5) is 33.9. The first-order valence-electron chi connectivity index (χ1n) is 11.3. The number of hydrogen-bond acceptors (Lipinski definition) is 9. The molecule has 11 heteroatoms. The van der Waals surface area contributed by atoms with Crippen LogP contribution in [0.15, 0.2) is 53.1 Å². The number of nitrogens with zero attached hydrogens (tertiary/aromatic N) is 4. The average molecular weight is 509 g/mol. The smallest absolute Gasteiger partial charge is 0.306 e. The third-order valence-electron chi connectivity index (χ3n) is 5.72. The van der Waals surface area contributed by atoms with Crippen LogP contribution < -0.4 is 15.4 Å². The quantitative estimate of drug-likeness (QED) is 0.345. The molecule has 10 nitrogen and oxygen atoms in total. The molecule has 1 aromatic carbocycles. The molecule has 2 aromatic heterocycles. The Hall–Kier alpha value is -3.86. The largest absolute Gasteiger partial charge is 0.496 e. The van der Waals surface area contributed by atoms with E-state index in [1.165, 1.54) is 18.9 Å². The number of amides is 1. The molecule has 2 N–H and O–H groups in total. The van der Waals surface area contributed by atoms with E-state index >= 15 is 0 Å². The fourth-order valence-corrected chi connectivity index (χ4v) is 4.70. The van der Waals surface area contributed by atoms with Crippen molar-refractivity contribution in [2.75, 3.05) is 30.6 Å². The number of benzene rings is 1. The lowest BCUT2D eigenvalue weighted by Gasteiger charge is -2.29. The van der Waals surface area contributed by atoms with Gasteiger partial charge in [0.15, 0.2) is 0 Å². The predicted molar refractivity (Wildman–Crippen MR) is 137 cm³/mol. The summed E-state index contributed by atoms with van der Waals surface area (Å²) in [6.07, 6.45) is 3.58. The van der Waals surface area contributed by atoms with Gasteiger partial charge < -0.3 is 20.1 Å². The van der Waals surface area contributed by atoms with Gasteiger partial charge in [0.2, 0.25) is 11.1 Å². The van der Waals surface area contributed by atoms with Crippen molar-refractivity contribution >= 4 is 35.3 Å². The van der Waals surface area contributed by atoms with E-state index in [0.29, 0.717) is 39.6 Å². The first-order valence-corrected chi connectivity index (χ1v) is 12.3. The van der Waals surface area contributed by atoms with Crippen LogP contribution in [0, 0.1) is 13.8 Å². The van der Waals surface area contributed by atoms with Crippen LogP contribution in [0.4, 0.5) is 11.6 Å². The summed E-state index contributed by atoms with van der Waals surface area (Å²) < 4.78 is 12.0. The minimum absolute atomic E-state index is 0.243. The maximum atomic E-state index is 13.6. The molecule has 1 aliphatic heterocycles. The van der Waals surface area contributed by atoms with Crippen molar-refractivity contribution in [3.05, 3.63) is 64.6 Å². The van der Waals surface area contributed by atoms with Gasteiger partial charge >= 0.3 is 5.97 Å². The van der Waals surface area contributed by atoms with E-state index in [-0.39, 0.29) is 18.3 Å². The Morgan fingerprint density at radius 1 is 1.17 bits per heavy atom. The molecule has 1 amide bonds. The standard InChI is InChI=1S/C25H28N6O4S/c1-14-10-18(13-26-12-14)28-23(33)21-16(3)27-24-29-25(36-9-8-20(32)35-5)30-31(24)22(21)17-7-6-15(2)19(11-17)34-4/h6-7,10-13,22H,8-9H2,1-5H3,(H,28,33)(H,27,29,30). The normalized spacial score (nSPS) is 14.6. The Bertz CT molecular complexity index is 1340. The van der Waals surface area contributed by atoms with Crippen LogP contribution in [0.25, 0.3) is 0 Å². The number of carbonyl (C=O) groups is 2. The first-order chi connectivity index (χ1) is 17.3. The Balaban J connectivity index is 1.72. The van der Waals surface area contributed by atoms with Gasteiger partial charge in [0, 0.05) is 17.6 Å². The molecule has 0 radical (unpaired) electrons. The summed E-state index contributed by atoms with van der Waals surface area (Å²) in [5.41, 5.74) is 4.49. The molecule has 3 heterocycles. The van der Waals surface area contributed by atoms with Gasteiger partial charge in [-0.1, -0.05) is 23.9 Å². The molecule has 188 valence electrons. The fraction of sp³-hybridized carbons (Fsp3) is 0.320. The highest BCUT2D eigenvalue weighted by Gasteiger charge is 2.35. The molecule has 36 heavy (non-hydrogen) atoms. The van der Waals surface area contributed by atoms with Crippen LogP contribution in [-0.2, 0) is 14.3 Å². The molecule has 1 aliphatic rings. The van der Waals surface area contributed by atoms with Gasteiger partial charge in [0.25, 0.3) is 5.91 Å². The van der Waals surface area contributed by atoms with E-state index in [2.05, 4.69) is 25.7 Å². The van der Waals surface area contributed by atoms with Gasteiger partial charge in [-0.05, 0) is 49.6 Å². The number of carbonyl (C=O) groups excluding carboxylic acids is 2. The predicted octanol–water partition coefficient (Wildman–Crippen LogP) is 3.88. The molecule has 0 aliphatic carbocycles. The molecule has 3 aromatic rings. The number of esters is 1. The van der Waals surface area contributed by atoms with Crippen molar-refractivity contribution in [1.82, 2.24) is 19.7 Å². The van der Waals surface area contributed by atoms with Crippen LogP contribution in [0.3, 0.4) is 0 Å². The second-order valence-corrected chi connectivity index (χ2v) is 9.40. The monoisotopic (exact) mass is 508 g/mol. The number of ether oxygens (including phenoxy) is 2. The highest BCUT2D eigenvalue weighted by Crippen LogP contribution is 2.38. The number of fused-ring (bicyclic) bond motifs is 1. The zero-order chi connectivity index (χ0) is 25.8. The molecule has 1 atom stereocenters. The Morgan fingerprint density at radius 3 is 2.69 bits per heavy atom. The summed E-state index contributed by atoms with van der Waals surface area (Å²) >= 11 is 1.34. The lowest BCUT2D eigenvalue weighted by Crippen LogP contribution is -2.31. The molecule has 1 unspecified atom stereocenters. The van der Waals surface area contributed by atoms with Crippen molar-refractivity contribution in [2.24, 2.45) is 0 Å². The maximum absolute atomic E-state index is 13.6. The van der Waals surface area contributed by atoms with Crippen molar-refractivity contribution in [3.63, 3.8) is 0 Å². The molecular formula is C25H28N6O4S. The number of thioether (sulfide) groups is 1. The van der Waals surface area contributed by atoms with Gasteiger partial charge in [-0.2, -0.15) is 4.98 Å². The fourth-order valence-electron chi connectivity index (χ4n) is 3.95. The Kier molecular flexibility index (Phi) is 7.58. The summed E-state index contributed by atoms with van der Waals surface area (Å²) in [7, 11) is 2.98. The lowest BCUT2D eigenvalue weighted by molar-refractivity contribution is -0.140. The van der Waals surface area contributed by atoms with Crippen molar-refractivity contribution in [2.45, 2.75) is 38.4 Å². The van der Waals surface area contributed by atoms with Gasteiger partial charge in [-0.15, -0.1) is 5.10 Å². The van der Waals surface area contributed by atoms with Crippen LogP contribution in [0.2, 0.25) is 0 Å². The van der Waals surface area contributed by atoms with E-state index in [9.17, 15) is 9.59 Å². The number of nitrogens with one attached hydrogen (secondary N) is 2. The van der Waals surface area contributed by atoms with Crippen molar-refractivity contribution in [3.8, 4) is 5.75 Å². The highest BCUT2D eigenvalue weighted by molar-refractivity contribution is 7.99. The van der Waals surface area contributed by atoms with Gasteiger partial charge in [-0.25, -0.2) is 4.68 Å². The number of hydrogen-bond donors (Lipinski definition) is 2. The van der Waals surface area contributed by atoms with Gasteiger partial charge in [-0.3, -0.25) is 14.6 Å². The molecule has 0 fully saturated rings. The molecule has 4 rings (SSSR count). The molecule has 0 saturated heterocycles. The number of aromatic nitrogens is 4. The van der Waals surface area contributed by atoms with E-state index in [0.717, 1.165) is 16.7 Å². The van der Waals surface area contributed by atoms with Crippen molar-refractivity contribution in [1.29, 1.82) is 0 Å². The topological polar surface area (TPSA) is 120 Å². The Morgan fingerprint density at radius 2 is 1.97 bits per heavy atom. The molecule has 0 bridgehead atoms. The summed E-state index contributed by atoms with van der Waals surface area (Å²) in [6.45, 7) is 5.71. The summed E-state index contributed by atoms with van der Waals surface area (Å²) in [6, 6.07) is 7.12. The molecule has 0 spiro atoms. The third-order valence-corrected chi connectivity index (χ3v) is 6.56. The molecular weight excluding hydrogens is 480 g/mol. The van der Waals surface area contributed by atoms with E-state index < -0.39 is 6.04 Å². The zero-order valence-electron chi connectivity index (χ0n) is 20.8. The number of pyridine rings is 1. The van der Waals surface area contributed by atoms with Crippen LogP contribution in [0.1, 0.15) is 36.1 Å². The number of rotatable bonds is 8. The minimum atomic E-state index is -0.559. The third kappa shape index (κ3) is 5.35. The number of methoxy groups -OCH3 is 2. The Labute approximate surface area is 213 Å². The molecule has 0 saturated carbocycles. The zero-order valence-corrected chi connectivity index (χ0v) is 21.6. The summed E-state index contributed by atoms with van der Waals surface area (Å²) in [5.74, 6) is 1.11. The summed E-state index contributed by atoms with van der Waals surface area (Å²) in [5, 5.41) is 11.4. The van der Waals surface area contributed by atoms with Crippen LogP contribution in [-0.4, -0.2) is 51.6 Å². The highest BCUT2D eigenvalue weighted by atomic mass is 32.2. The second-order valence-electron chi connectivity index (χ2n) is 8.34. The number of aryl methyl sites for hydroxylation is 2. The minimum Gasteiger partial charge on any atom is -0.496 e. The first kappa shape index (κ1) is 25.2. The van der Waals surface area contributed by atoms with Gasteiger partial charge in [0.05, 0.1) is 38.1 Å². The van der Waals surface area contributed by atoms with Crippen molar-refractivity contribution < 1.29 is 19.1 Å². The van der Waals surface area contributed by atoms with E-state index in [4.69, 9.17) is 9.47 Å². The van der Waals surface area contributed by atoms with Crippen LogP contribution in [0.5, 0.6) is 5.75 Å². The maximum Gasteiger partial charge on any atom is 0.306 e. The number of anilines is 2. The average Bonchev–Trinajstić information content (AvgIpc) is 3.25. The van der Waals surface area contributed by atoms with E-state index in [1.807, 2.05) is 45.0 Å². The second kappa shape index (κ2) is 10.8. The van der Waals surface area contributed by atoms with Gasteiger partial charge in [0.1, 0.15) is 11.8 Å². The number of allylic oxidation sites excluding steroid dienone is 1. The lowest BCUT2D eigenvalue weighted by atomic mass is 9.94. The van der Waals surface area contributed by atoms with E-state index in [1.54, 1.807) is 24.2 Å². The van der Waals surface area contributed by atoms with Crippen LogP contribution >= 0.6 is 11.8 Å². The SMILES string of the molecule is COC(=O)CCSc1nc2n(n1)C(c1ccc(C)c(OC)c1)C(C(=O)Nc1cncc(C)c1)=C(C)N2.